The molecule has 1 aliphatic carbocycles. The molecular weight excluding hydrogens is 594 g/mol. The maximum Gasteiger partial charge on any atom is 0.257 e. The lowest BCUT2D eigenvalue weighted by Crippen LogP contribution is -2.36. The third-order valence-electron chi connectivity index (χ3n) is 8.36. The number of alkyl halides is 2. The number of nitrogens with one attached hydrogen (secondary N) is 1. The van der Waals surface area contributed by atoms with Gasteiger partial charge in [-0.2, -0.15) is 4.39 Å². The Kier molecular flexibility index (Phi) is 6.48. The predicted octanol–water partition coefficient (Wildman–Crippen LogP) is 6.19. The van der Waals surface area contributed by atoms with Gasteiger partial charge in [0.2, 0.25) is 12.4 Å². The molecule has 0 bridgehead atoms. The topological polar surface area (TPSA) is 52.9 Å². The van der Waals surface area contributed by atoms with Crippen LogP contribution in [0, 0.1) is 20.9 Å². The monoisotopic (exact) mass is 623 g/mol. The molecule has 10 heteroatoms. The van der Waals surface area contributed by atoms with Crippen LogP contribution in [0.3, 0.4) is 0 Å². The average molecular weight is 623 g/mol. The van der Waals surface area contributed by atoms with E-state index in [0.29, 0.717) is 53.9 Å². The van der Waals surface area contributed by atoms with E-state index in [1.165, 1.54) is 23.4 Å². The van der Waals surface area contributed by atoms with Crippen LogP contribution in [0.5, 0.6) is 0 Å². The van der Waals surface area contributed by atoms with Crippen molar-refractivity contribution in [1.82, 2.24) is 9.38 Å². The van der Waals surface area contributed by atoms with Gasteiger partial charge < -0.3 is 15.1 Å². The molecule has 3 aromatic rings. The van der Waals surface area contributed by atoms with E-state index in [9.17, 15) is 18.0 Å². The van der Waals surface area contributed by atoms with Gasteiger partial charge >= 0.3 is 0 Å². The number of carbonyl (C=O) groups excluding carboxylic acids is 1. The summed E-state index contributed by atoms with van der Waals surface area (Å²) in [6.07, 6.45) is 5.97. The average Bonchev–Trinajstić information content (AvgIpc) is 3.55. The molecular formula is C27H29F3IN5O. The molecule has 1 saturated carbocycles. The zero-order valence-electron chi connectivity index (χ0n) is 20.4. The van der Waals surface area contributed by atoms with E-state index < -0.39 is 18.3 Å². The summed E-state index contributed by atoms with van der Waals surface area (Å²) in [6.45, 7) is 2.72. The van der Waals surface area contributed by atoms with Crippen LogP contribution in [0.4, 0.5) is 30.2 Å². The maximum absolute atomic E-state index is 14.6. The molecule has 0 atom stereocenters. The zero-order valence-corrected chi connectivity index (χ0v) is 22.6. The highest BCUT2D eigenvalue weighted by Crippen LogP contribution is 2.54. The first-order chi connectivity index (χ1) is 17.8. The molecule has 0 radical (unpaired) electrons. The molecule has 6 nitrogen and oxygen atoms in total. The Hall–Kier alpha value is -2.50. The van der Waals surface area contributed by atoms with Crippen LogP contribution in [-0.4, -0.2) is 47.9 Å². The zero-order chi connectivity index (χ0) is 25.7. The maximum atomic E-state index is 14.6. The number of hydrogen-bond donors (Lipinski definition) is 1. The largest absolute Gasteiger partial charge is 0.371 e. The van der Waals surface area contributed by atoms with Crippen molar-refractivity contribution < 1.29 is 18.0 Å². The van der Waals surface area contributed by atoms with Gasteiger partial charge in [-0.1, -0.05) is 0 Å². The number of anilines is 3. The number of pyridine rings is 1. The van der Waals surface area contributed by atoms with Crippen molar-refractivity contribution in [3.05, 3.63) is 51.7 Å². The Labute approximate surface area is 227 Å². The molecule has 37 heavy (non-hydrogen) atoms. The Balaban J connectivity index is 1.27. The number of imidazole rings is 1. The molecule has 2 aliphatic heterocycles. The quantitative estimate of drug-likeness (QED) is 0.345. The van der Waals surface area contributed by atoms with Crippen LogP contribution in [0.15, 0.2) is 36.7 Å². The van der Waals surface area contributed by atoms with Gasteiger partial charge in [0.25, 0.3) is 5.91 Å². The normalized spacial score (nSPS) is 19.7. The lowest BCUT2D eigenvalue weighted by Gasteiger charge is -2.35. The number of carbonyl (C=O) groups is 1. The molecule has 2 saturated heterocycles. The summed E-state index contributed by atoms with van der Waals surface area (Å²) < 4.78 is 43.3. The Morgan fingerprint density at radius 1 is 1.03 bits per heavy atom. The number of piperidine rings is 2. The predicted molar refractivity (Wildman–Crippen MR) is 146 cm³/mol. The SMILES string of the molecule is O=C(Nc1cc(N2CCC(C(F)F)CC2)c2ncc(F)n2c1)c1ccc(I)cc1N1CCC2(CC1)CC2. The molecule has 2 aromatic heterocycles. The van der Waals surface area contributed by atoms with Crippen molar-refractivity contribution in [2.75, 3.05) is 41.3 Å². The van der Waals surface area contributed by atoms with E-state index >= 15 is 0 Å². The van der Waals surface area contributed by atoms with Crippen molar-refractivity contribution in [2.45, 2.75) is 45.0 Å². The Morgan fingerprint density at radius 2 is 1.73 bits per heavy atom. The molecule has 196 valence electrons. The minimum atomic E-state index is -2.34. The van der Waals surface area contributed by atoms with Gasteiger partial charge in [-0.3, -0.25) is 9.20 Å². The highest BCUT2D eigenvalue weighted by Gasteiger charge is 2.44. The second kappa shape index (κ2) is 9.67. The molecule has 4 heterocycles. The first kappa shape index (κ1) is 24.8. The van der Waals surface area contributed by atoms with Crippen LogP contribution in [-0.2, 0) is 0 Å². The molecule has 1 amide bonds. The fourth-order valence-electron chi connectivity index (χ4n) is 5.79. The van der Waals surface area contributed by atoms with Crippen LogP contribution in [0.25, 0.3) is 5.65 Å². The summed E-state index contributed by atoms with van der Waals surface area (Å²) in [5.74, 6) is -1.44. The fraction of sp³-hybridized carbons (Fsp3) is 0.481. The molecule has 3 aliphatic rings. The standard InChI is InChI=1S/C27H29F3IN5O/c28-23-15-32-25-22(34-9-3-17(4-10-34)24(29)30)14-19(16-36(23)25)33-26(37)20-2-1-18(31)13-21(20)35-11-7-27(5-6-27)8-12-35/h1-2,13-17,24H,3-12H2,(H,33,37). The fourth-order valence-corrected chi connectivity index (χ4v) is 6.26. The number of fused-ring (bicyclic) bond motifs is 1. The van der Waals surface area contributed by atoms with Gasteiger partial charge in [0, 0.05) is 41.9 Å². The molecule has 6 rings (SSSR count). The number of nitrogens with zero attached hydrogens (tertiary/aromatic N) is 4. The number of halogens is 4. The van der Waals surface area contributed by atoms with Gasteiger partial charge in [-0.25, -0.2) is 13.8 Å². The van der Waals surface area contributed by atoms with Crippen molar-refractivity contribution in [2.24, 2.45) is 11.3 Å². The molecule has 1 N–H and O–H groups in total. The van der Waals surface area contributed by atoms with E-state index in [1.807, 2.05) is 17.0 Å². The second-order valence-electron chi connectivity index (χ2n) is 10.7. The third-order valence-corrected chi connectivity index (χ3v) is 9.03. The number of benzene rings is 1. The summed E-state index contributed by atoms with van der Waals surface area (Å²) in [6, 6.07) is 7.59. The van der Waals surface area contributed by atoms with Crippen molar-refractivity contribution in [1.29, 1.82) is 0 Å². The van der Waals surface area contributed by atoms with Gasteiger partial charge in [-0.05, 0) is 90.8 Å². The summed E-state index contributed by atoms with van der Waals surface area (Å²) in [4.78, 5) is 22.0. The minimum absolute atomic E-state index is 0.264. The van der Waals surface area contributed by atoms with Crippen molar-refractivity contribution in [3.63, 3.8) is 0 Å². The van der Waals surface area contributed by atoms with E-state index in [0.717, 1.165) is 41.4 Å². The first-order valence-corrected chi connectivity index (χ1v) is 14.0. The highest BCUT2D eigenvalue weighted by molar-refractivity contribution is 14.1. The summed E-state index contributed by atoms with van der Waals surface area (Å²) in [7, 11) is 0. The van der Waals surface area contributed by atoms with E-state index in [1.54, 1.807) is 6.07 Å². The van der Waals surface area contributed by atoms with Gasteiger partial charge in [-0.15, -0.1) is 0 Å². The molecule has 0 unspecified atom stereocenters. The Bertz CT molecular complexity index is 1320. The number of hydrogen-bond acceptors (Lipinski definition) is 4. The van der Waals surface area contributed by atoms with Crippen LogP contribution >= 0.6 is 22.6 Å². The summed E-state index contributed by atoms with van der Waals surface area (Å²) >= 11 is 2.27. The van der Waals surface area contributed by atoms with Gasteiger partial charge in [0.15, 0.2) is 5.65 Å². The Morgan fingerprint density at radius 3 is 2.41 bits per heavy atom. The molecule has 1 aromatic carbocycles. The van der Waals surface area contributed by atoms with Gasteiger partial charge in [0.1, 0.15) is 0 Å². The van der Waals surface area contributed by atoms with Gasteiger partial charge in [0.05, 0.1) is 28.8 Å². The van der Waals surface area contributed by atoms with Crippen molar-refractivity contribution in [3.8, 4) is 0 Å². The second-order valence-corrected chi connectivity index (χ2v) is 11.9. The highest BCUT2D eigenvalue weighted by atomic mass is 127. The van der Waals surface area contributed by atoms with E-state index in [2.05, 4.69) is 43.9 Å². The first-order valence-electron chi connectivity index (χ1n) is 12.9. The van der Waals surface area contributed by atoms with Crippen LogP contribution in [0.2, 0.25) is 0 Å². The summed E-state index contributed by atoms with van der Waals surface area (Å²) in [5.41, 5.74) is 3.50. The van der Waals surface area contributed by atoms with Crippen molar-refractivity contribution >= 4 is 51.2 Å². The van der Waals surface area contributed by atoms with E-state index in [4.69, 9.17) is 0 Å². The number of rotatable bonds is 5. The lowest BCUT2D eigenvalue weighted by molar-refractivity contribution is 0.0636. The van der Waals surface area contributed by atoms with E-state index in [-0.39, 0.29) is 5.91 Å². The lowest BCUT2D eigenvalue weighted by atomic mass is 9.93. The van der Waals surface area contributed by atoms with Crippen LogP contribution < -0.4 is 15.1 Å². The minimum Gasteiger partial charge on any atom is -0.371 e. The van der Waals surface area contributed by atoms with Crippen LogP contribution in [0.1, 0.15) is 48.9 Å². The molecule has 3 fully saturated rings. The summed E-state index contributed by atoms with van der Waals surface area (Å²) in [5, 5.41) is 2.97. The molecule has 1 spiro atoms. The number of aromatic nitrogens is 2. The smallest absolute Gasteiger partial charge is 0.257 e. The number of amides is 1. The third kappa shape index (κ3) is 4.88.